The van der Waals surface area contributed by atoms with Crippen LogP contribution in [0.25, 0.3) is 32.8 Å². The number of carbonyl (C=O) groups is 2. The van der Waals surface area contributed by atoms with E-state index in [9.17, 15) is 9.59 Å². The van der Waals surface area contributed by atoms with Crippen molar-refractivity contribution in [1.29, 1.82) is 0 Å². The highest BCUT2D eigenvalue weighted by molar-refractivity contribution is 6.33. The van der Waals surface area contributed by atoms with Crippen molar-refractivity contribution in [3.8, 4) is 11.1 Å². The molecule has 0 atom stereocenters. The smallest absolute Gasteiger partial charge is 0.410 e. The number of methoxy groups -OCH3 is 1. The number of pyridine rings is 2. The summed E-state index contributed by atoms with van der Waals surface area (Å²) in [6, 6.07) is 23.2. The second-order valence-corrected chi connectivity index (χ2v) is 12.6. The van der Waals surface area contributed by atoms with E-state index in [0.717, 1.165) is 39.3 Å². The number of fused-ring (bicyclic) bond motifs is 3. The molecule has 2 aromatic heterocycles. The van der Waals surface area contributed by atoms with E-state index < -0.39 is 11.6 Å². The van der Waals surface area contributed by atoms with Crippen LogP contribution in [0.5, 0.6) is 0 Å². The zero-order chi connectivity index (χ0) is 33.4. The number of carbonyl (C=O) groups excluding carboxylic acids is 2. The van der Waals surface area contributed by atoms with Gasteiger partial charge in [0.15, 0.2) is 0 Å². The first-order chi connectivity index (χ1) is 22.6. The lowest BCUT2D eigenvalue weighted by Crippen LogP contribution is -2.38. The summed E-state index contributed by atoms with van der Waals surface area (Å²) in [5.41, 5.74) is 3.45. The lowest BCUT2D eigenvalue weighted by Gasteiger charge is -2.28. The van der Waals surface area contributed by atoms with Crippen molar-refractivity contribution < 1.29 is 19.1 Å². The molecule has 0 aliphatic carbocycles. The molecule has 0 fully saturated rings. The van der Waals surface area contributed by atoms with Crippen LogP contribution in [0.2, 0.25) is 5.02 Å². The van der Waals surface area contributed by atoms with Crippen LogP contribution in [0.3, 0.4) is 0 Å². The number of esters is 1. The van der Waals surface area contributed by atoms with Gasteiger partial charge in [-0.1, -0.05) is 60.1 Å². The fourth-order valence-electron chi connectivity index (χ4n) is 5.31. The monoisotopic (exact) mass is 653 g/mol. The Kier molecular flexibility index (Phi) is 10.9. The number of benzene rings is 3. The van der Waals surface area contributed by atoms with Crippen LogP contribution < -0.4 is 10.6 Å². The van der Waals surface area contributed by atoms with Crippen molar-refractivity contribution in [3.05, 3.63) is 101 Å². The number of amides is 1. The van der Waals surface area contributed by atoms with Gasteiger partial charge in [-0.3, -0.25) is 4.98 Å². The molecule has 2 heterocycles. The average Bonchev–Trinajstić information content (AvgIpc) is 3.06. The molecule has 0 unspecified atom stereocenters. The quantitative estimate of drug-likeness (QED) is 0.0801. The van der Waals surface area contributed by atoms with E-state index in [4.69, 9.17) is 26.1 Å². The van der Waals surface area contributed by atoms with Crippen molar-refractivity contribution in [3.63, 3.8) is 0 Å². The average molecular weight is 654 g/mol. The lowest BCUT2D eigenvalue weighted by atomic mass is 10.0. The summed E-state index contributed by atoms with van der Waals surface area (Å²) in [5.74, 6) is 0.306. The number of aromatic nitrogens is 2. The van der Waals surface area contributed by atoms with Crippen molar-refractivity contribution in [2.24, 2.45) is 0 Å². The van der Waals surface area contributed by atoms with E-state index in [1.807, 2.05) is 87.6 Å². The maximum absolute atomic E-state index is 13.1. The zero-order valence-electron chi connectivity index (χ0n) is 27.2. The number of rotatable bonds is 12. The number of hydrogen-bond donors (Lipinski definition) is 2. The van der Waals surface area contributed by atoms with Crippen molar-refractivity contribution >= 4 is 51.2 Å². The van der Waals surface area contributed by atoms with Gasteiger partial charge < -0.3 is 25.0 Å². The largest absolute Gasteiger partial charge is 0.465 e. The molecule has 244 valence electrons. The lowest BCUT2D eigenvalue weighted by molar-refractivity contribution is 0.0231. The third kappa shape index (κ3) is 8.75. The molecule has 1 amide bonds. The van der Waals surface area contributed by atoms with Gasteiger partial charge in [-0.15, -0.1) is 0 Å². The van der Waals surface area contributed by atoms with E-state index in [1.165, 1.54) is 7.11 Å². The molecule has 0 aliphatic heterocycles. The maximum atomic E-state index is 13.1. The number of anilines is 1. The third-order valence-corrected chi connectivity index (χ3v) is 7.85. The molecular formula is C37H40ClN5O4. The fraction of sp³-hybridized carbons (Fsp3) is 0.297. The Morgan fingerprint density at radius 3 is 2.47 bits per heavy atom. The Bertz CT molecular complexity index is 1860. The number of hydrogen-bond acceptors (Lipinski definition) is 8. The predicted molar refractivity (Wildman–Crippen MR) is 188 cm³/mol. The number of nitrogens with zero attached hydrogens (tertiary/aromatic N) is 3. The predicted octanol–water partition coefficient (Wildman–Crippen LogP) is 7.72. The standard InChI is InChI=1S/C37H40ClN5O4/c1-37(2,3)47-36(45)43(24-25-11-13-28(32(38)21-25)26-9-6-5-7-10-26)20-8-16-39-18-19-41-34-30-15-17-40-23-31(30)29-14-12-27(35(44)46-4)22-33(29)42-34/h5-7,9-15,17,21-23,39H,8,16,18-20,24H2,1-4H3,(H,41,42). The Hall–Kier alpha value is -4.73. The highest BCUT2D eigenvalue weighted by Crippen LogP contribution is 2.30. The molecule has 0 spiro atoms. The van der Waals surface area contributed by atoms with Crippen LogP contribution in [0.15, 0.2) is 85.2 Å². The number of nitrogens with one attached hydrogen (secondary N) is 2. The van der Waals surface area contributed by atoms with Gasteiger partial charge in [-0.2, -0.15) is 0 Å². The highest BCUT2D eigenvalue weighted by atomic mass is 35.5. The molecule has 0 radical (unpaired) electrons. The molecule has 9 nitrogen and oxygen atoms in total. The van der Waals surface area contributed by atoms with E-state index in [2.05, 4.69) is 15.6 Å². The van der Waals surface area contributed by atoms with Gasteiger partial charge >= 0.3 is 12.1 Å². The van der Waals surface area contributed by atoms with Crippen molar-refractivity contribution in [2.45, 2.75) is 39.3 Å². The fourth-order valence-corrected chi connectivity index (χ4v) is 5.62. The summed E-state index contributed by atoms with van der Waals surface area (Å²) in [6.07, 6.45) is 3.92. The molecule has 10 heteroatoms. The zero-order valence-corrected chi connectivity index (χ0v) is 27.9. The van der Waals surface area contributed by atoms with Crippen LogP contribution in [-0.4, -0.2) is 65.8 Å². The van der Waals surface area contributed by atoms with E-state index in [-0.39, 0.29) is 6.09 Å². The number of halogens is 1. The van der Waals surface area contributed by atoms with E-state index >= 15 is 0 Å². The third-order valence-electron chi connectivity index (χ3n) is 7.54. The summed E-state index contributed by atoms with van der Waals surface area (Å²) < 4.78 is 10.6. The molecule has 0 bridgehead atoms. The van der Waals surface area contributed by atoms with E-state index in [1.54, 1.807) is 23.2 Å². The van der Waals surface area contributed by atoms with Crippen molar-refractivity contribution in [1.82, 2.24) is 20.2 Å². The second kappa shape index (κ2) is 15.2. The molecule has 0 aliphatic rings. The van der Waals surface area contributed by atoms with Gasteiger partial charge in [0.1, 0.15) is 11.4 Å². The Morgan fingerprint density at radius 1 is 0.915 bits per heavy atom. The Balaban J connectivity index is 1.17. The molecular weight excluding hydrogens is 614 g/mol. The first kappa shape index (κ1) is 33.6. The summed E-state index contributed by atoms with van der Waals surface area (Å²) in [4.78, 5) is 36.1. The van der Waals surface area contributed by atoms with Crippen LogP contribution in [0, 0.1) is 0 Å². The Labute approximate surface area is 280 Å². The molecule has 5 rings (SSSR count). The van der Waals surface area contributed by atoms with Crippen LogP contribution >= 0.6 is 11.6 Å². The summed E-state index contributed by atoms with van der Waals surface area (Å²) in [7, 11) is 1.36. The van der Waals surface area contributed by atoms with Gasteiger partial charge in [0, 0.05) is 65.3 Å². The van der Waals surface area contributed by atoms with Crippen molar-refractivity contribution in [2.75, 3.05) is 38.6 Å². The van der Waals surface area contributed by atoms with Crippen LogP contribution in [-0.2, 0) is 16.0 Å². The number of ether oxygens (including phenoxy) is 2. The normalized spacial score (nSPS) is 11.4. The molecule has 0 saturated heterocycles. The SMILES string of the molecule is COC(=O)c1ccc2c(c1)nc(NCCNCCCN(Cc1ccc(-c3ccccc3)c(Cl)c1)C(=O)OC(C)(C)C)c1ccncc12. The van der Waals surface area contributed by atoms with Crippen LogP contribution in [0.4, 0.5) is 10.6 Å². The van der Waals surface area contributed by atoms with Gasteiger partial charge in [-0.25, -0.2) is 14.6 Å². The highest BCUT2D eigenvalue weighted by Gasteiger charge is 2.22. The molecule has 3 aromatic carbocycles. The summed E-state index contributed by atoms with van der Waals surface area (Å²) in [5, 5.41) is 10.3. The van der Waals surface area contributed by atoms with Gasteiger partial charge in [0.05, 0.1) is 18.2 Å². The topological polar surface area (TPSA) is 106 Å². The summed E-state index contributed by atoms with van der Waals surface area (Å²) in [6.45, 7) is 8.50. The van der Waals surface area contributed by atoms with Crippen LogP contribution in [0.1, 0.15) is 43.1 Å². The summed E-state index contributed by atoms with van der Waals surface area (Å²) >= 11 is 6.66. The Morgan fingerprint density at radius 2 is 1.72 bits per heavy atom. The van der Waals surface area contributed by atoms with Gasteiger partial charge in [0.2, 0.25) is 0 Å². The molecule has 0 saturated carbocycles. The van der Waals surface area contributed by atoms with E-state index in [0.29, 0.717) is 54.6 Å². The molecule has 47 heavy (non-hydrogen) atoms. The minimum Gasteiger partial charge on any atom is -0.465 e. The minimum absolute atomic E-state index is 0.360. The second-order valence-electron chi connectivity index (χ2n) is 12.2. The molecule has 2 N–H and O–H groups in total. The molecule has 5 aromatic rings. The first-order valence-corrected chi connectivity index (χ1v) is 16.0. The van der Waals surface area contributed by atoms with Gasteiger partial charge in [0.25, 0.3) is 0 Å². The first-order valence-electron chi connectivity index (χ1n) is 15.6. The minimum atomic E-state index is -0.605. The van der Waals surface area contributed by atoms with Gasteiger partial charge in [-0.05, 0) is 69.1 Å². The maximum Gasteiger partial charge on any atom is 0.410 e.